The minimum atomic E-state index is -4.64. The zero-order chi connectivity index (χ0) is 35.9. The number of amides is 2. The zero-order valence-corrected chi connectivity index (χ0v) is 27.4. The molecule has 4 aromatic rings. The highest BCUT2D eigenvalue weighted by molar-refractivity contribution is 6.33. The molecule has 2 N–H and O–H groups in total. The van der Waals surface area contributed by atoms with Crippen LogP contribution in [0, 0.1) is 6.92 Å². The number of carbonyl (C=O) groups is 2. The van der Waals surface area contributed by atoms with Crippen LogP contribution in [0.2, 0.25) is 5.02 Å². The number of carbonyl (C=O) groups excluding carboxylic acids is 2. The van der Waals surface area contributed by atoms with Gasteiger partial charge < -0.3 is 29.5 Å². The minimum absolute atomic E-state index is 0.0106. The summed E-state index contributed by atoms with van der Waals surface area (Å²) >= 11 is 6.08. The molecule has 19 heteroatoms. The second-order valence-electron chi connectivity index (χ2n) is 11.6. The molecule has 0 spiro atoms. The van der Waals surface area contributed by atoms with Crippen molar-refractivity contribution in [2.75, 3.05) is 43.0 Å². The maximum Gasteiger partial charge on any atom is 0.416 e. The van der Waals surface area contributed by atoms with Gasteiger partial charge in [-0.1, -0.05) is 18.5 Å². The number of alkyl halides is 4. The molecule has 0 unspecified atom stereocenters. The van der Waals surface area contributed by atoms with Crippen LogP contribution < -0.4 is 15.8 Å². The Morgan fingerprint density at radius 3 is 2.54 bits per heavy atom. The summed E-state index contributed by atoms with van der Waals surface area (Å²) in [5.74, 6) is -1.40. The van der Waals surface area contributed by atoms with E-state index >= 15 is 0 Å². The summed E-state index contributed by atoms with van der Waals surface area (Å²) in [6.45, 7) is 3.31. The average molecular weight is 720 g/mol. The molecule has 2 aliphatic heterocycles. The van der Waals surface area contributed by atoms with Gasteiger partial charge in [0.2, 0.25) is 17.5 Å². The van der Waals surface area contributed by atoms with Gasteiger partial charge in [0.15, 0.2) is 17.2 Å². The summed E-state index contributed by atoms with van der Waals surface area (Å²) in [5, 5.41) is 16.9. The number of halogens is 5. The fourth-order valence-electron chi connectivity index (χ4n) is 5.76. The lowest BCUT2D eigenvalue weighted by Gasteiger charge is -2.36. The van der Waals surface area contributed by atoms with E-state index in [0.29, 0.717) is 11.8 Å². The van der Waals surface area contributed by atoms with Gasteiger partial charge >= 0.3 is 6.18 Å². The van der Waals surface area contributed by atoms with Crippen LogP contribution in [0.4, 0.5) is 28.9 Å². The molecule has 1 fully saturated rings. The fourth-order valence-corrected chi connectivity index (χ4v) is 5.99. The van der Waals surface area contributed by atoms with Crippen molar-refractivity contribution < 1.29 is 37.0 Å². The second kappa shape index (κ2) is 13.6. The lowest BCUT2D eigenvalue weighted by Crippen LogP contribution is -2.51. The Bertz CT molecular complexity index is 2080. The molecule has 14 nitrogen and oxygen atoms in total. The molecule has 0 radical (unpaired) electrons. The Labute approximate surface area is 286 Å². The Morgan fingerprint density at radius 2 is 1.90 bits per heavy atom. The number of hydrogen-bond donors (Lipinski definition) is 2. The van der Waals surface area contributed by atoms with Crippen molar-refractivity contribution in [2.24, 2.45) is 0 Å². The van der Waals surface area contributed by atoms with Crippen molar-refractivity contribution in [2.45, 2.75) is 45.6 Å². The standard InChI is InChI=1S/C31H30ClF4N9O5/c1-3-21-25(42-8-10-43(11-9-42)28(48)24-26(47)16(2)37-15-38-24)29(49)45-30(40-27(41-45)22-7-5-18(33)14-50-22)44(21)13-23(46)39-20-6-4-17(12-19(20)32)31(34,35)36/h4,6-7,12,15,18,47H,3,5,8-11,13-14H2,1-2H3,(H,39,46)/t18-/m0/s1. The van der Waals surface area contributed by atoms with Gasteiger partial charge in [-0.05, 0) is 37.6 Å². The van der Waals surface area contributed by atoms with Crippen LogP contribution in [0.15, 0.2) is 35.4 Å². The number of fused-ring (bicyclic) bond motifs is 1. The van der Waals surface area contributed by atoms with Crippen molar-refractivity contribution in [1.29, 1.82) is 0 Å². The van der Waals surface area contributed by atoms with E-state index < -0.39 is 41.8 Å². The summed E-state index contributed by atoms with van der Waals surface area (Å²) in [6.07, 6.45) is -2.93. The predicted octanol–water partition coefficient (Wildman–Crippen LogP) is 3.63. The van der Waals surface area contributed by atoms with E-state index in [9.17, 15) is 37.1 Å². The second-order valence-corrected chi connectivity index (χ2v) is 12.0. The SMILES string of the molecule is CCc1c(N2CCN(C(=O)c3ncnc(C)c3O)CC2)c(=O)n2nc(C3=CC[C@H](F)CO3)nc2n1CC(=O)Nc1ccc(C(F)(F)F)cc1Cl. The van der Waals surface area contributed by atoms with Crippen molar-refractivity contribution >= 4 is 46.3 Å². The number of aromatic hydroxyl groups is 1. The van der Waals surface area contributed by atoms with Crippen LogP contribution in [-0.2, 0) is 28.7 Å². The minimum Gasteiger partial charge on any atom is -0.504 e. The molecule has 0 bridgehead atoms. The van der Waals surface area contributed by atoms with Crippen LogP contribution in [0.1, 0.15) is 46.6 Å². The van der Waals surface area contributed by atoms with Gasteiger partial charge in [0.05, 0.1) is 27.7 Å². The van der Waals surface area contributed by atoms with E-state index in [1.165, 1.54) is 21.9 Å². The summed E-state index contributed by atoms with van der Waals surface area (Å²) in [5.41, 5.74) is -0.930. The van der Waals surface area contributed by atoms with Crippen LogP contribution in [0.3, 0.4) is 0 Å². The maximum atomic E-state index is 14.1. The Balaban J connectivity index is 1.35. The molecule has 5 heterocycles. The molecule has 50 heavy (non-hydrogen) atoms. The topological polar surface area (TPSA) is 160 Å². The van der Waals surface area contributed by atoms with Crippen molar-refractivity contribution in [3.05, 3.63) is 74.4 Å². The molecule has 2 aliphatic rings. The van der Waals surface area contributed by atoms with Crippen molar-refractivity contribution in [3.63, 3.8) is 0 Å². The third kappa shape index (κ3) is 6.66. The first-order chi connectivity index (χ1) is 23.8. The number of anilines is 2. The molecule has 3 aromatic heterocycles. The summed E-state index contributed by atoms with van der Waals surface area (Å²) < 4.78 is 61.2. The van der Waals surface area contributed by atoms with E-state index in [2.05, 4.69) is 25.4 Å². The Kier molecular flexibility index (Phi) is 9.39. The number of hydrogen-bond acceptors (Lipinski definition) is 10. The summed E-state index contributed by atoms with van der Waals surface area (Å²) in [7, 11) is 0. The number of allylic oxidation sites excluding steroid dienone is 1. The molecule has 264 valence electrons. The molecular formula is C31H30ClF4N9O5. The Morgan fingerprint density at radius 1 is 1.16 bits per heavy atom. The van der Waals surface area contributed by atoms with Gasteiger partial charge in [-0.3, -0.25) is 14.4 Å². The summed E-state index contributed by atoms with van der Waals surface area (Å²) in [4.78, 5) is 56.3. The molecule has 0 saturated carbocycles. The quantitative estimate of drug-likeness (QED) is 0.270. The van der Waals surface area contributed by atoms with Crippen LogP contribution in [-0.4, -0.2) is 89.9 Å². The van der Waals surface area contributed by atoms with Crippen molar-refractivity contribution in [1.82, 2.24) is 34.0 Å². The van der Waals surface area contributed by atoms with Gasteiger partial charge in [0, 0.05) is 32.6 Å². The van der Waals surface area contributed by atoms with Gasteiger partial charge in [-0.25, -0.2) is 14.4 Å². The number of aromatic nitrogens is 6. The highest BCUT2D eigenvalue weighted by Crippen LogP contribution is 2.34. The van der Waals surface area contributed by atoms with E-state index in [4.69, 9.17) is 16.3 Å². The molecule has 2 amide bonds. The first-order valence-electron chi connectivity index (χ1n) is 15.5. The van der Waals surface area contributed by atoms with Crippen molar-refractivity contribution in [3.8, 4) is 5.75 Å². The van der Waals surface area contributed by atoms with Gasteiger partial charge in [0.1, 0.15) is 31.3 Å². The zero-order valence-electron chi connectivity index (χ0n) is 26.7. The first-order valence-corrected chi connectivity index (χ1v) is 15.9. The molecular weight excluding hydrogens is 690 g/mol. The fraction of sp³-hybridized carbons (Fsp3) is 0.387. The molecule has 1 aromatic carbocycles. The Hall–Kier alpha value is -5.26. The number of rotatable bonds is 7. The van der Waals surface area contributed by atoms with Gasteiger partial charge in [-0.15, -0.1) is 5.10 Å². The highest BCUT2D eigenvalue weighted by atomic mass is 35.5. The predicted molar refractivity (Wildman–Crippen MR) is 172 cm³/mol. The van der Waals surface area contributed by atoms with Gasteiger partial charge in [-0.2, -0.15) is 22.7 Å². The largest absolute Gasteiger partial charge is 0.504 e. The van der Waals surface area contributed by atoms with E-state index in [-0.39, 0.29) is 96.5 Å². The monoisotopic (exact) mass is 719 g/mol. The third-order valence-corrected chi connectivity index (χ3v) is 8.64. The van der Waals surface area contributed by atoms with Crippen LogP contribution >= 0.6 is 11.6 Å². The molecule has 1 saturated heterocycles. The lowest BCUT2D eigenvalue weighted by atomic mass is 10.2. The molecule has 0 aliphatic carbocycles. The smallest absolute Gasteiger partial charge is 0.416 e. The highest BCUT2D eigenvalue weighted by Gasteiger charge is 2.33. The summed E-state index contributed by atoms with van der Waals surface area (Å²) in [6, 6.07) is 2.53. The van der Waals surface area contributed by atoms with Crippen LogP contribution in [0.5, 0.6) is 5.75 Å². The number of ether oxygens (including phenoxy) is 1. The molecule has 6 rings (SSSR count). The number of aryl methyl sites for hydroxylation is 1. The van der Waals surface area contributed by atoms with E-state index in [1.807, 2.05) is 0 Å². The van der Waals surface area contributed by atoms with Gasteiger partial charge in [0.25, 0.3) is 11.5 Å². The number of benzene rings is 1. The maximum absolute atomic E-state index is 14.1. The van der Waals surface area contributed by atoms with E-state index in [0.717, 1.165) is 16.6 Å². The average Bonchev–Trinajstić information content (AvgIpc) is 3.54. The first kappa shape index (κ1) is 34.6. The number of nitrogens with zero attached hydrogens (tertiary/aromatic N) is 8. The third-order valence-electron chi connectivity index (χ3n) is 8.32. The number of piperazine rings is 1. The normalized spacial score (nSPS) is 16.7. The lowest BCUT2D eigenvalue weighted by molar-refractivity contribution is -0.137. The van der Waals surface area contributed by atoms with Crippen LogP contribution in [0.25, 0.3) is 11.5 Å². The molecule has 1 atom stereocenters. The van der Waals surface area contributed by atoms with E-state index in [1.54, 1.807) is 18.7 Å². The number of nitrogens with one attached hydrogen (secondary N) is 1.